The van der Waals surface area contributed by atoms with Crippen molar-refractivity contribution < 1.29 is 13.6 Å². The van der Waals surface area contributed by atoms with Gasteiger partial charge in [-0.05, 0) is 36.7 Å². The predicted molar refractivity (Wildman–Crippen MR) is 120 cm³/mol. The van der Waals surface area contributed by atoms with Crippen LogP contribution in [0.15, 0.2) is 35.7 Å². The Morgan fingerprint density at radius 2 is 1.97 bits per heavy atom. The van der Waals surface area contributed by atoms with E-state index in [0.29, 0.717) is 22.9 Å². The van der Waals surface area contributed by atoms with Gasteiger partial charge in [0.05, 0.1) is 4.70 Å². The number of rotatable bonds is 8. The third-order valence-electron chi connectivity index (χ3n) is 4.37. The average molecular weight is 458 g/mol. The Balaban J connectivity index is 0.00000300. The highest BCUT2D eigenvalue weighted by Gasteiger charge is 2.20. The molecule has 0 saturated carbocycles. The number of nitrogens with zero attached hydrogens (tertiary/aromatic N) is 3. The largest absolute Gasteiger partial charge is 0.302 e. The number of hydrogen-bond donors (Lipinski definition) is 0. The van der Waals surface area contributed by atoms with E-state index in [2.05, 4.69) is 23.7 Å². The summed E-state index contributed by atoms with van der Waals surface area (Å²) in [5.74, 6) is -1.61. The van der Waals surface area contributed by atoms with E-state index in [1.807, 2.05) is 17.5 Å². The minimum atomic E-state index is -0.720. The molecule has 1 amide bonds. The van der Waals surface area contributed by atoms with Gasteiger partial charge in [-0.2, -0.15) is 0 Å². The predicted octanol–water partition coefficient (Wildman–Crippen LogP) is 5.45. The molecule has 3 aromatic rings. The van der Waals surface area contributed by atoms with Crippen molar-refractivity contribution in [2.75, 3.05) is 31.1 Å². The second kappa shape index (κ2) is 10.8. The fraction of sp³-hybridized carbons (Fsp3) is 0.300. The Labute approximate surface area is 182 Å². The van der Waals surface area contributed by atoms with E-state index < -0.39 is 11.6 Å². The maximum Gasteiger partial charge on any atom is 0.252 e. The number of anilines is 1. The molecular weight excluding hydrogens is 436 g/mol. The van der Waals surface area contributed by atoms with Crippen molar-refractivity contribution in [3.63, 3.8) is 0 Å². The molecule has 0 aliphatic carbocycles. The molecule has 0 saturated heterocycles. The Hall–Kier alpha value is -1.87. The highest BCUT2D eigenvalue weighted by atomic mass is 35.5. The van der Waals surface area contributed by atoms with Crippen LogP contribution in [0.25, 0.3) is 16.3 Å². The summed E-state index contributed by atoms with van der Waals surface area (Å²) in [4.78, 5) is 21.9. The van der Waals surface area contributed by atoms with Gasteiger partial charge in [-0.15, -0.1) is 23.7 Å². The molecule has 1 aromatic carbocycles. The first-order valence-electron chi connectivity index (χ1n) is 9.02. The summed E-state index contributed by atoms with van der Waals surface area (Å²) in [6.07, 6.45) is 3.25. The average Bonchev–Trinajstić information content (AvgIpc) is 3.33. The molecule has 0 fully saturated rings. The van der Waals surface area contributed by atoms with Crippen LogP contribution in [0.1, 0.15) is 18.7 Å². The quantitative estimate of drug-likeness (QED) is 0.422. The lowest BCUT2D eigenvalue weighted by Crippen LogP contribution is -2.38. The zero-order valence-corrected chi connectivity index (χ0v) is 18.5. The monoisotopic (exact) mass is 457 g/mol. The van der Waals surface area contributed by atoms with Gasteiger partial charge in [-0.25, -0.2) is 13.8 Å². The van der Waals surface area contributed by atoms with E-state index in [1.54, 1.807) is 6.08 Å². The molecule has 2 aromatic heterocycles. The molecule has 0 bridgehead atoms. The van der Waals surface area contributed by atoms with E-state index in [4.69, 9.17) is 0 Å². The van der Waals surface area contributed by atoms with Crippen molar-refractivity contribution in [2.24, 2.45) is 0 Å². The van der Waals surface area contributed by atoms with Crippen LogP contribution in [0, 0.1) is 11.6 Å². The molecule has 0 radical (unpaired) electrons. The van der Waals surface area contributed by atoms with Gasteiger partial charge in [0.15, 0.2) is 10.9 Å². The van der Waals surface area contributed by atoms with Crippen LogP contribution in [0.2, 0.25) is 0 Å². The van der Waals surface area contributed by atoms with Crippen LogP contribution in [0.4, 0.5) is 13.9 Å². The molecule has 4 nitrogen and oxygen atoms in total. The molecule has 0 aliphatic rings. The third kappa shape index (κ3) is 5.82. The number of benzene rings is 1. The summed E-state index contributed by atoms with van der Waals surface area (Å²) in [6.45, 7) is 6.93. The first kappa shape index (κ1) is 23.4. The smallest absolute Gasteiger partial charge is 0.252 e. The Morgan fingerprint density at radius 3 is 2.62 bits per heavy atom. The summed E-state index contributed by atoms with van der Waals surface area (Å²) >= 11 is 2.65. The van der Waals surface area contributed by atoms with Gasteiger partial charge >= 0.3 is 0 Å². The van der Waals surface area contributed by atoms with Crippen LogP contribution in [-0.4, -0.2) is 42.0 Å². The van der Waals surface area contributed by atoms with Gasteiger partial charge in [-0.3, -0.25) is 9.69 Å². The van der Waals surface area contributed by atoms with Crippen molar-refractivity contribution in [3.8, 4) is 0 Å². The summed E-state index contributed by atoms with van der Waals surface area (Å²) in [7, 11) is 0. The van der Waals surface area contributed by atoms with Crippen molar-refractivity contribution >= 4 is 62.4 Å². The number of thiophene rings is 1. The molecule has 156 valence electrons. The summed E-state index contributed by atoms with van der Waals surface area (Å²) in [5.41, 5.74) is 0.0873. The van der Waals surface area contributed by atoms with E-state index in [0.717, 1.165) is 35.4 Å². The van der Waals surface area contributed by atoms with Crippen LogP contribution in [0.5, 0.6) is 0 Å². The standard InChI is InChI=1S/C20H21F2N3OS2.ClH/c1-3-24(4-2)9-10-25(18(26)8-7-15-6-5-11-27-15)20-23-19-16(22)12-14(21)13-17(19)28-20;/h5-8,11-13H,3-4,9-10H2,1-2H3;1H. The van der Waals surface area contributed by atoms with E-state index >= 15 is 0 Å². The summed E-state index contributed by atoms with van der Waals surface area (Å²) < 4.78 is 28.0. The maximum absolute atomic E-state index is 14.1. The van der Waals surface area contributed by atoms with Crippen LogP contribution in [-0.2, 0) is 4.79 Å². The topological polar surface area (TPSA) is 36.4 Å². The number of fused-ring (bicyclic) bond motifs is 1. The van der Waals surface area contributed by atoms with Gasteiger partial charge in [0.1, 0.15) is 11.3 Å². The summed E-state index contributed by atoms with van der Waals surface area (Å²) in [6, 6.07) is 5.89. The number of amides is 1. The molecule has 0 spiro atoms. The molecule has 0 N–H and O–H groups in total. The second-order valence-corrected chi connectivity index (χ2v) is 8.08. The van der Waals surface area contributed by atoms with Crippen LogP contribution < -0.4 is 4.90 Å². The normalized spacial score (nSPS) is 11.3. The first-order chi connectivity index (χ1) is 13.5. The highest BCUT2D eigenvalue weighted by molar-refractivity contribution is 7.22. The number of aromatic nitrogens is 1. The molecule has 2 heterocycles. The Bertz CT molecular complexity index is 972. The van der Waals surface area contributed by atoms with E-state index in [9.17, 15) is 13.6 Å². The molecule has 0 aliphatic heterocycles. The summed E-state index contributed by atoms with van der Waals surface area (Å²) in [5, 5.41) is 2.31. The molecule has 9 heteroatoms. The van der Waals surface area contributed by atoms with E-state index in [-0.39, 0.29) is 23.8 Å². The molecule has 0 unspecified atom stereocenters. The molecule has 3 rings (SSSR count). The van der Waals surface area contributed by atoms with Gasteiger partial charge in [0.2, 0.25) is 0 Å². The zero-order chi connectivity index (χ0) is 20.1. The minimum Gasteiger partial charge on any atom is -0.302 e. The molecule has 29 heavy (non-hydrogen) atoms. The number of thiazole rings is 1. The Morgan fingerprint density at radius 1 is 1.21 bits per heavy atom. The lowest BCUT2D eigenvalue weighted by molar-refractivity contribution is -0.114. The van der Waals surface area contributed by atoms with Gasteiger partial charge in [0.25, 0.3) is 5.91 Å². The van der Waals surface area contributed by atoms with Crippen LogP contribution >= 0.6 is 35.1 Å². The second-order valence-electron chi connectivity index (χ2n) is 6.10. The van der Waals surface area contributed by atoms with Crippen molar-refractivity contribution in [1.29, 1.82) is 0 Å². The maximum atomic E-state index is 14.1. The fourth-order valence-electron chi connectivity index (χ4n) is 2.77. The molecule has 0 atom stereocenters. The third-order valence-corrected chi connectivity index (χ3v) is 6.23. The SMILES string of the molecule is CCN(CC)CCN(C(=O)C=Cc1cccs1)c1nc2c(F)cc(F)cc2s1.Cl. The Kier molecular flexibility index (Phi) is 8.70. The number of halogens is 3. The minimum absolute atomic E-state index is 0. The van der Waals surface area contributed by atoms with Gasteiger partial charge in [0, 0.05) is 30.1 Å². The molecular formula is C20H22ClF2N3OS2. The zero-order valence-electron chi connectivity index (χ0n) is 16.1. The number of hydrogen-bond acceptors (Lipinski definition) is 5. The van der Waals surface area contributed by atoms with Crippen molar-refractivity contribution in [2.45, 2.75) is 13.8 Å². The van der Waals surface area contributed by atoms with E-state index in [1.165, 1.54) is 28.4 Å². The number of carbonyl (C=O) groups is 1. The first-order valence-corrected chi connectivity index (χ1v) is 10.7. The number of carbonyl (C=O) groups excluding carboxylic acids is 1. The van der Waals surface area contributed by atoms with Gasteiger partial charge in [-0.1, -0.05) is 31.3 Å². The van der Waals surface area contributed by atoms with Crippen LogP contribution in [0.3, 0.4) is 0 Å². The van der Waals surface area contributed by atoms with Crippen molar-refractivity contribution in [1.82, 2.24) is 9.88 Å². The number of likely N-dealkylation sites (N-methyl/N-ethyl adjacent to an activating group) is 1. The lowest BCUT2D eigenvalue weighted by atomic mass is 10.3. The van der Waals surface area contributed by atoms with Gasteiger partial charge < -0.3 is 4.90 Å². The van der Waals surface area contributed by atoms with Crippen molar-refractivity contribution in [3.05, 3.63) is 52.2 Å². The lowest BCUT2D eigenvalue weighted by Gasteiger charge is -2.23. The highest BCUT2D eigenvalue weighted by Crippen LogP contribution is 2.31. The fourth-order valence-corrected chi connectivity index (χ4v) is 4.43.